The van der Waals surface area contributed by atoms with Gasteiger partial charge in [-0.25, -0.2) is 9.48 Å². The van der Waals surface area contributed by atoms with Crippen LogP contribution in [0, 0.1) is 0 Å². The monoisotopic (exact) mass is 243 g/mol. The molecule has 0 fully saturated rings. The molecule has 17 heavy (non-hydrogen) atoms. The van der Waals surface area contributed by atoms with Gasteiger partial charge >= 0.3 is 5.97 Å². The predicted molar refractivity (Wildman–Crippen MR) is 58.7 cm³/mol. The van der Waals surface area contributed by atoms with Crippen molar-refractivity contribution in [1.29, 1.82) is 0 Å². The lowest BCUT2D eigenvalue weighted by Gasteiger charge is -2.13. The van der Waals surface area contributed by atoms with Gasteiger partial charge in [-0.3, -0.25) is 0 Å². The number of carbonyl (C=O) groups is 1. The van der Waals surface area contributed by atoms with E-state index in [1.807, 2.05) is 0 Å². The van der Waals surface area contributed by atoms with Gasteiger partial charge in [-0.2, -0.15) is 0 Å². The van der Waals surface area contributed by atoms with Crippen molar-refractivity contribution in [2.75, 3.05) is 7.11 Å². The van der Waals surface area contributed by atoms with Crippen LogP contribution in [0.4, 0.5) is 0 Å². The highest BCUT2D eigenvalue weighted by atomic mass is 16.5. The molecular formula is C10H17N3O4. The van der Waals surface area contributed by atoms with Crippen LogP contribution in [0.5, 0.6) is 0 Å². The minimum Gasteiger partial charge on any atom is -0.476 e. The van der Waals surface area contributed by atoms with Crippen LogP contribution in [0.25, 0.3) is 0 Å². The standard InChI is InChI=1S/C10H17N3O4/c1-6(14)4-5-13-9(7(2)17-3)8(10(15)16)11-12-13/h6-7,14H,4-5H2,1-3H3,(H,15,16). The summed E-state index contributed by atoms with van der Waals surface area (Å²) in [6.07, 6.45) is -0.408. The first kappa shape index (κ1) is 13.6. The molecule has 7 heteroatoms. The number of nitrogens with zero attached hydrogens (tertiary/aromatic N) is 3. The van der Waals surface area contributed by atoms with E-state index in [4.69, 9.17) is 9.84 Å². The summed E-state index contributed by atoms with van der Waals surface area (Å²) in [6.45, 7) is 3.79. The van der Waals surface area contributed by atoms with Gasteiger partial charge in [0.1, 0.15) is 5.69 Å². The molecule has 1 heterocycles. The number of aliphatic hydroxyl groups excluding tert-OH is 1. The van der Waals surface area contributed by atoms with E-state index in [-0.39, 0.29) is 5.69 Å². The Morgan fingerprint density at radius 3 is 2.65 bits per heavy atom. The van der Waals surface area contributed by atoms with Gasteiger partial charge in [0.2, 0.25) is 0 Å². The minimum absolute atomic E-state index is 0.107. The average molecular weight is 243 g/mol. The first-order chi connectivity index (χ1) is 7.97. The van der Waals surface area contributed by atoms with Gasteiger partial charge in [0.05, 0.1) is 12.2 Å². The van der Waals surface area contributed by atoms with Crippen LogP contribution in [0.3, 0.4) is 0 Å². The molecule has 0 saturated heterocycles. The second-order valence-electron chi connectivity index (χ2n) is 3.87. The van der Waals surface area contributed by atoms with Crippen LogP contribution in [-0.2, 0) is 11.3 Å². The SMILES string of the molecule is COC(C)c1c(C(=O)O)nnn1CCC(C)O. The van der Waals surface area contributed by atoms with Crippen molar-refractivity contribution < 1.29 is 19.7 Å². The van der Waals surface area contributed by atoms with Crippen molar-refractivity contribution >= 4 is 5.97 Å². The molecule has 96 valence electrons. The van der Waals surface area contributed by atoms with Crippen molar-refractivity contribution in [1.82, 2.24) is 15.0 Å². The summed E-state index contributed by atoms with van der Waals surface area (Å²) in [6, 6.07) is 0. The zero-order valence-electron chi connectivity index (χ0n) is 10.1. The first-order valence-electron chi connectivity index (χ1n) is 5.34. The second kappa shape index (κ2) is 5.74. The lowest BCUT2D eigenvalue weighted by molar-refractivity contribution is 0.0673. The van der Waals surface area contributed by atoms with Crippen molar-refractivity contribution in [3.8, 4) is 0 Å². The van der Waals surface area contributed by atoms with Crippen LogP contribution in [0.15, 0.2) is 0 Å². The molecule has 7 nitrogen and oxygen atoms in total. The molecular weight excluding hydrogens is 226 g/mol. The Bertz CT molecular complexity index is 389. The third kappa shape index (κ3) is 3.24. The number of hydrogen-bond donors (Lipinski definition) is 2. The Kier molecular flexibility index (Phi) is 4.59. The maximum Gasteiger partial charge on any atom is 0.358 e. The zero-order valence-corrected chi connectivity index (χ0v) is 10.1. The van der Waals surface area contributed by atoms with Crippen molar-refractivity contribution in [2.45, 2.75) is 39.0 Å². The van der Waals surface area contributed by atoms with Gasteiger partial charge < -0.3 is 14.9 Å². The molecule has 0 saturated carbocycles. The Labute approximate surface area is 99.0 Å². The van der Waals surface area contributed by atoms with Crippen molar-refractivity contribution in [3.05, 3.63) is 11.4 Å². The van der Waals surface area contributed by atoms with E-state index in [1.165, 1.54) is 11.8 Å². The summed E-state index contributed by atoms with van der Waals surface area (Å²) in [5.74, 6) is -1.13. The Hall–Kier alpha value is -1.47. The van der Waals surface area contributed by atoms with Crippen LogP contribution in [0.2, 0.25) is 0 Å². The number of methoxy groups -OCH3 is 1. The molecule has 2 N–H and O–H groups in total. The number of aliphatic hydroxyl groups is 1. The van der Waals surface area contributed by atoms with Crippen molar-refractivity contribution in [2.24, 2.45) is 0 Å². The number of rotatable bonds is 6. The number of ether oxygens (including phenoxy) is 1. The molecule has 0 spiro atoms. The van der Waals surface area contributed by atoms with E-state index in [0.717, 1.165) is 0 Å². The van der Waals surface area contributed by atoms with Crippen LogP contribution in [-0.4, -0.2) is 44.4 Å². The molecule has 0 bridgehead atoms. The molecule has 0 aromatic carbocycles. The summed E-state index contributed by atoms with van der Waals surface area (Å²) >= 11 is 0. The fourth-order valence-corrected chi connectivity index (χ4v) is 1.46. The summed E-state index contributed by atoms with van der Waals surface area (Å²) in [5, 5.41) is 25.6. The number of carboxylic acid groups (broad SMARTS) is 1. The largest absolute Gasteiger partial charge is 0.476 e. The fourth-order valence-electron chi connectivity index (χ4n) is 1.46. The number of aromatic carboxylic acids is 1. The Morgan fingerprint density at radius 2 is 2.18 bits per heavy atom. The molecule has 0 aliphatic rings. The van der Waals surface area contributed by atoms with Crippen LogP contribution in [0.1, 0.15) is 42.6 Å². The summed E-state index contributed by atoms with van der Waals surface area (Å²) < 4.78 is 6.57. The smallest absolute Gasteiger partial charge is 0.358 e. The molecule has 1 rings (SSSR count). The fraction of sp³-hybridized carbons (Fsp3) is 0.700. The van der Waals surface area contributed by atoms with Gasteiger partial charge in [0.15, 0.2) is 5.69 Å². The normalized spacial score (nSPS) is 14.6. The number of hydrogen-bond acceptors (Lipinski definition) is 5. The summed E-state index contributed by atoms with van der Waals surface area (Å²) in [4.78, 5) is 11.0. The van der Waals surface area contributed by atoms with Gasteiger partial charge in [0, 0.05) is 13.7 Å². The first-order valence-corrected chi connectivity index (χ1v) is 5.34. The van der Waals surface area contributed by atoms with E-state index in [2.05, 4.69) is 10.3 Å². The highest BCUT2D eigenvalue weighted by Crippen LogP contribution is 2.19. The number of aromatic nitrogens is 3. The quantitative estimate of drug-likeness (QED) is 0.753. The number of aryl methyl sites for hydroxylation is 1. The van der Waals surface area contributed by atoms with E-state index < -0.39 is 18.2 Å². The maximum absolute atomic E-state index is 11.0. The van der Waals surface area contributed by atoms with E-state index in [1.54, 1.807) is 13.8 Å². The molecule has 2 atom stereocenters. The topological polar surface area (TPSA) is 97.5 Å². The highest BCUT2D eigenvalue weighted by Gasteiger charge is 2.23. The van der Waals surface area contributed by atoms with E-state index in [9.17, 15) is 9.90 Å². The van der Waals surface area contributed by atoms with Crippen LogP contribution < -0.4 is 0 Å². The average Bonchev–Trinajstić information content (AvgIpc) is 2.68. The lowest BCUT2D eigenvalue weighted by Crippen LogP contribution is -2.15. The van der Waals surface area contributed by atoms with Gasteiger partial charge in [-0.1, -0.05) is 5.21 Å². The molecule has 0 radical (unpaired) electrons. The van der Waals surface area contributed by atoms with Crippen molar-refractivity contribution in [3.63, 3.8) is 0 Å². The maximum atomic E-state index is 11.0. The Morgan fingerprint density at radius 1 is 1.53 bits per heavy atom. The van der Waals surface area contributed by atoms with E-state index >= 15 is 0 Å². The second-order valence-corrected chi connectivity index (χ2v) is 3.87. The van der Waals surface area contributed by atoms with Gasteiger partial charge in [0.25, 0.3) is 0 Å². The lowest BCUT2D eigenvalue weighted by atomic mass is 10.2. The number of carboxylic acids is 1. The summed E-state index contributed by atoms with van der Waals surface area (Å²) in [5.41, 5.74) is 0.311. The third-order valence-corrected chi connectivity index (χ3v) is 2.47. The zero-order chi connectivity index (χ0) is 13.0. The molecule has 2 unspecified atom stereocenters. The van der Waals surface area contributed by atoms with Gasteiger partial charge in [-0.15, -0.1) is 5.10 Å². The molecule has 0 amide bonds. The van der Waals surface area contributed by atoms with E-state index in [0.29, 0.717) is 18.7 Å². The highest BCUT2D eigenvalue weighted by molar-refractivity contribution is 5.86. The molecule has 0 aliphatic heterocycles. The third-order valence-electron chi connectivity index (χ3n) is 2.47. The molecule has 1 aromatic rings. The Balaban J connectivity index is 3.00. The summed E-state index contributed by atoms with van der Waals surface area (Å²) in [7, 11) is 1.49. The minimum atomic E-state index is -1.13. The molecule has 0 aliphatic carbocycles. The molecule has 1 aromatic heterocycles. The van der Waals surface area contributed by atoms with Crippen LogP contribution >= 0.6 is 0 Å². The van der Waals surface area contributed by atoms with Gasteiger partial charge in [-0.05, 0) is 20.3 Å². The predicted octanol–water partition coefficient (Wildman–Crippen LogP) is 0.455.